The first-order valence-corrected chi connectivity index (χ1v) is 8.94. The zero-order valence-corrected chi connectivity index (χ0v) is 16.5. The molecule has 0 atom stereocenters. The van der Waals surface area contributed by atoms with E-state index in [1.165, 1.54) is 24.4 Å². The van der Waals surface area contributed by atoms with Gasteiger partial charge in [-0.1, -0.05) is 28.1 Å². The molecular formula is C20H19BrFNO4. The summed E-state index contributed by atoms with van der Waals surface area (Å²) in [6.45, 7) is 2.02. The summed E-state index contributed by atoms with van der Waals surface area (Å²) in [4.78, 5) is 16.4. The average Bonchev–Trinajstić information content (AvgIpc) is 2.67. The molecule has 0 aliphatic rings. The van der Waals surface area contributed by atoms with Crippen LogP contribution in [-0.4, -0.2) is 31.0 Å². The van der Waals surface area contributed by atoms with Crippen molar-refractivity contribution < 1.29 is 23.8 Å². The van der Waals surface area contributed by atoms with Crippen LogP contribution in [0.1, 0.15) is 18.1 Å². The van der Waals surface area contributed by atoms with E-state index in [-0.39, 0.29) is 24.3 Å². The number of hydrogen-bond acceptors (Lipinski definition) is 5. The van der Waals surface area contributed by atoms with E-state index < -0.39 is 17.5 Å². The number of hydrogen-bond donors (Lipinski definition) is 1. The highest BCUT2D eigenvalue weighted by Crippen LogP contribution is 2.23. The van der Waals surface area contributed by atoms with Crippen LogP contribution < -0.4 is 4.74 Å². The van der Waals surface area contributed by atoms with E-state index >= 15 is 0 Å². The largest absolute Gasteiger partial charge is 0.506 e. The Balaban J connectivity index is 2.32. The maximum Gasteiger partial charge on any atom is 0.343 e. The average molecular weight is 436 g/mol. The minimum absolute atomic E-state index is 0.114. The van der Waals surface area contributed by atoms with Crippen molar-refractivity contribution in [1.82, 2.24) is 0 Å². The van der Waals surface area contributed by atoms with Crippen molar-refractivity contribution in [3.8, 4) is 5.75 Å². The number of esters is 1. The second-order valence-corrected chi connectivity index (χ2v) is 6.34. The van der Waals surface area contributed by atoms with Crippen LogP contribution in [0.4, 0.5) is 4.39 Å². The molecule has 0 amide bonds. The lowest BCUT2D eigenvalue weighted by molar-refractivity contribution is -0.137. The summed E-state index contributed by atoms with van der Waals surface area (Å²) in [5.41, 5.74) is 0.536. The molecule has 2 aromatic carbocycles. The van der Waals surface area contributed by atoms with Gasteiger partial charge in [0.2, 0.25) is 0 Å². The number of ether oxygens (including phenoxy) is 2. The molecule has 0 fully saturated rings. The fourth-order valence-electron chi connectivity index (χ4n) is 2.22. The van der Waals surface area contributed by atoms with Crippen LogP contribution >= 0.6 is 15.9 Å². The maximum atomic E-state index is 14.1. The molecule has 0 saturated heterocycles. The zero-order valence-electron chi connectivity index (χ0n) is 14.9. The van der Waals surface area contributed by atoms with Crippen molar-refractivity contribution in [1.29, 1.82) is 0 Å². The van der Waals surface area contributed by atoms with E-state index in [1.54, 1.807) is 26.2 Å². The fourth-order valence-corrected chi connectivity index (χ4v) is 2.58. The predicted octanol–water partition coefficient (Wildman–Crippen LogP) is 4.70. The van der Waals surface area contributed by atoms with E-state index in [9.17, 15) is 14.3 Å². The lowest BCUT2D eigenvalue weighted by atomic mass is 10.1. The summed E-state index contributed by atoms with van der Waals surface area (Å²) in [5, 5.41) is 10.5. The molecule has 0 saturated carbocycles. The van der Waals surface area contributed by atoms with E-state index in [1.807, 2.05) is 12.1 Å². The highest BCUT2D eigenvalue weighted by molar-refractivity contribution is 9.10. The molecule has 27 heavy (non-hydrogen) atoms. The second-order valence-electron chi connectivity index (χ2n) is 5.42. The smallest absolute Gasteiger partial charge is 0.343 e. The molecule has 2 aromatic rings. The summed E-state index contributed by atoms with van der Waals surface area (Å²) in [6.07, 6.45) is 1.19. The third-order valence-electron chi connectivity index (χ3n) is 3.59. The number of carbonyl (C=O) groups is 1. The van der Waals surface area contributed by atoms with Crippen molar-refractivity contribution in [3.05, 3.63) is 69.5 Å². The number of aliphatic hydroxyl groups is 1. The monoisotopic (exact) mass is 435 g/mol. The zero-order chi connectivity index (χ0) is 19.8. The number of aliphatic imine (C=N–C) groups is 1. The predicted molar refractivity (Wildman–Crippen MR) is 105 cm³/mol. The Morgan fingerprint density at radius 2 is 1.96 bits per heavy atom. The fraction of sp³-hybridized carbons (Fsp3) is 0.200. The van der Waals surface area contributed by atoms with Gasteiger partial charge in [-0.25, -0.2) is 9.18 Å². The Labute approximate surface area is 165 Å². The summed E-state index contributed by atoms with van der Waals surface area (Å²) < 4.78 is 24.7. The molecule has 0 bridgehead atoms. The second kappa shape index (κ2) is 9.87. The minimum atomic E-state index is -0.784. The van der Waals surface area contributed by atoms with E-state index in [0.29, 0.717) is 4.47 Å². The van der Waals surface area contributed by atoms with Crippen molar-refractivity contribution in [2.45, 2.75) is 13.5 Å². The van der Waals surface area contributed by atoms with Gasteiger partial charge in [0.25, 0.3) is 0 Å². The van der Waals surface area contributed by atoms with Crippen LogP contribution in [0.15, 0.2) is 57.5 Å². The van der Waals surface area contributed by atoms with E-state index in [0.717, 1.165) is 11.3 Å². The molecular weight excluding hydrogens is 417 g/mol. The van der Waals surface area contributed by atoms with Crippen molar-refractivity contribution >= 4 is 33.9 Å². The van der Waals surface area contributed by atoms with Crippen LogP contribution in [0.3, 0.4) is 0 Å². The molecule has 0 aromatic heterocycles. The normalized spacial score (nSPS) is 12.0. The molecule has 0 aliphatic heterocycles. The Bertz CT molecular complexity index is 863. The summed E-state index contributed by atoms with van der Waals surface area (Å²) in [6, 6.07) is 11.3. The Morgan fingerprint density at radius 3 is 2.59 bits per heavy atom. The third-order valence-corrected chi connectivity index (χ3v) is 4.08. The van der Waals surface area contributed by atoms with Crippen molar-refractivity contribution in [3.63, 3.8) is 0 Å². The first kappa shape index (κ1) is 20.6. The number of aliphatic hydroxyl groups excluding tert-OH is 1. The van der Waals surface area contributed by atoms with Crippen molar-refractivity contribution in [2.75, 3.05) is 13.7 Å². The number of nitrogens with zero attached hydrogens (tertiary/aromatic N) is 1. The summed E-state index contributed by atoms with van der Waals surface area (Å²) in [7, 11) is 1.58. The number of benzene rings is 2. The molecule has 1 N–H and O–H groups in total. The summed E-state index contributed by atoms with van der Waals surface area (Å²) in [5.74, 6) is -1.27. The third kappa shape index (κ3) is 5.65. The lowest BCUT2D eigenvalue weighted by Gasteiger charge is -2.08. The van der Waals surface area contributed by atoms with Gasteiger partial charge in [-0.15, -0.1) is 0 Å². The Hall–Kier alpha value is -2.67. The highest BCUT2D eigenvalue weighted by Gasteiger charge is 2.19. The minimum Gasteiger partial charge on any atom is -0.506 e. The van der Waals surface area contributed by atoms with Gasteiger partial charge in [0.15, 0.2) is 0 Å². The van der Waals surface area contributed by atoms with Gasteiger partial charge in [0.05, 0.1) is 25.8 Å². The first-order chi connectivity index (χ1) is 13.0. The van der Waals surface area contributed by atoms with Gasteiger partial charge in [0, 0.05) is 10.7 Å². The topological polar surface area (TPSA) is 68.1 Å². The molecule has 0 spiro atoms. The first-order valence-electron chi connectivity index (χ1n) is 8.14. The standard InChI is InChI=1S/C20H19BrFNO4/c1-3-27-20(25)17(19(24)16-10-14(21)6-9-18(16)22)12-23-11-13-4-7-15(26-2)8-5-13/h4-10,12,24H,3,11H2,1-2H3. The van der Waals surface area contributed by atoms with Crippen LogP contribution in [0.2, 0.25) is 0 Å². The summed E-state index contributed by atoms with van der Waals surface area (Å²) >= 11 is 3.22. The number of carbonyl (C=O) groups excluding carboxylic acids is 1. The lowest BCUT2D eigenvalue weighted by Crippen LogP contribution is -2.12. The molecule has 0 heterocycles. The van der Waals surface area contributed by atoms with Crippen molar-refractivity contribution in [2.24, 2.45) is 4.99 Å². The number of methoxy groups -OCH3 is 1. The Morgan fingerprint density at radius 1 is 1.26 bits per heavy atom. The van der Waals surface area contributed by atoms with Gasteiger partial charge < -0.3 is 14.6 Å². The molecule has 0 radical (unpaired) electrons. The van der Waals surface area contributed by atoms with Gasteiger partial charge in [-0.2, -0.15) is 0 Å². The van der Waals surface area contributed by atoms with Gasteiger partial charge >= 0.3 is 5.97 Å². The van der Waals surface area contributed by atoms with Gasteiger partial charge in [0.1, 0.15) is 22.9 Å². The maximum absolute atomic E-state index is 14.1. The molecule has 0 unspecified atom stereocenters. The van der Waals surface area contributed by atoms with Gasteiger partial charge in [-0.3, -0.25) is 4.99 Å². The van der Waals surface area contributed by atoms with Crippen LogP contribution in [0.25, 0.3) is 5.76 Å². The molecule has 0 aliphatic carbocycles. The Kier molecular flexibility index (Phi) is 7.55. The number of halogens is 2. The van der Waals surface area contributed by atoms with Gasteiger partial charge in [-0.05, 0) is 42.8 Å². The van der Waals surface area contributed by atoms with E-state index in [2.05, 4.69) is 20.9 Å². The van der Waals surface area contributed by atoms with Crippen LogP contribution in [0.5, 0.6) is 5.75 Å². The SMILES string of the molecule is CCOC(=O)C(C=NCc1ccc(OC)cc1)=C(O)c1cc(Br)ccc1F. The number of rotatable bonds is 7. The van der Waals surface area contributed by atoms with Crippen LogP contribution in [0, 0.1) is 5.82 Å². The van der Waals surface area contributed by atoms with Crippen LogP contribution in [-0.2, 0) is 16.1 Å². The molecule has 2 rings (SSSR count). The molecule has 7 heteroatoms. The quantitative estimate of drug-likeness (QED) is 0.296. The van der Waals surface area contributed by atoms with E-state index in [4.69, 9.17) is 9.47 Å². The molecule has 142 valence electrons. The molecule has 5 nitrogen and oxygen atoms in total. The highest BCUT2D eigenvalue weighted by atomic mass is 79.9.